The van der Waals surface area contributed by atoms with E-state index in [1.807, 2.05) is 0 Å². The Bertz CT molecular complexity index is 1300. The van der Waals surface area contributed by atoms with E-state index in [0.29, 0.717) is 48.8 Å². The molecule has 4 heterocycles. The molecular weight excluding hydrogens is 568 g/mol. The highest BCUT2D eigenvalue weighted by molar-refractivity contribution is 9.10. The Kier molecular flexibility index (Phi) is 7.83. The number of piperidine rings is 3. The molecule has 0 spiro atoms. The molecule has 2 bridgehead atoms. The Morgan fingerprint density at radius 2 is 1.82 bits per heavy atom. The van der Waals surface area contributed by atoms with E-state index in [0.717, 1.165) is 24.9 Å². The molecule has 2 N–H and O–H groups in total. The van der Waals surface area contributed by atoms with Crippen LogP contribution in [0.15, 0.2) is 35.1 Å². The summed E-state index contributed by atoms with van der Waals surface area (Å²) < 4.78 is 0.429. The van der Waals surface area contributed by atoms with Gasteiger partial charge in [0.2, 0.25) is 0 Å². The molecule has 11 nitrogen and oxygen atoms in total. The molecule has 0 aliphatic carbocycles. The quantitative estimate of drug-likeness (QED) is 0.372. The number of hydrogen-bond acceptors (Lipinski definition) is 8. The molecule has 5 rings (SSSR count). The summed E-state index contributed by atoms with van der Waals surface area (Å²) in [7, 11) is 1.76. The fraction of sp³-hybridized carbons (Fsp3) is 0.481. The Balaban J connectivity index is 1.43. The van der Waals surface area contributed by atoms with Gasteiger partial charge in [-0.3, -0.25) is 29.5 Å². The normalized spacial score (nSPS) is 22.8. The van der Waals surface area contributed by atoms with Crippen LogP contribution in [0.4, 0.5) is 17.1 Å². The number of fused-ring (bicyclic) bond motifs is 2. The van der Waals surface area contributed by atoms with E-state index in [-0.39, 0.29) is 52.7 Å². The van der Waals surface area contributed by atoms with E-state index in [1.165, 1.54) is 12.3 Å². The van der Waals surface area contributed by atoms with E-state index in [1.54, 1.807) is 35.2 Å². The fourth-order valence-electron chi connectivity index (χ4n) is 6.06. The van der Waals surface area contributed by atoms with Crippen LogP contribution < -0.4 is 10.6 Å². The van der Waals surface area contributed by atoms with Crippen molar-refractivity contribution in [2.45, 2.75) is 63.1 Å². The Morgan fingerprint density at radius 3 is 2.51 bits per heavy atom. The number of hydrogen-bond donors (Lipinski definition) is 2. The number of likely N-dealkylation sites (tertiary alicyclic amines) is 1. The number of nitro benzene ring substituents is 1. The number of aromatic nitrogens is 1. The van der Waals surface area contributed by atoms with Crippen molar-refractivity contribution in [2.75, 3.05) is 30.8 Å². The summed E-state index contributed by atoms with van der Waals surface area (Å²) in [5.41, 5.74) is 1.34. The van der Waals surface area contributed by atoms with E-state index < -0.39 is 4.92 Å². The number of halogens is 1. The number of nitro groups is 1. The van der Waals surface area contributed by atoms with Crippen LogP contribution in [-0.2, 0) is 4.79 Å². The fourth-order valence-corrected chi connectivity index (χ4v) is 6.51. The summed E-state index contributed by atoms with van der Waals surface area (Å²) in [6.45, 7) is 0.882. The molecule has 0 unspecified atom stereocenters. The first-order valence-corrected chi connectivity index (χ1v) is 14.1. The third-order valence-electron chi connectivity index (χ3n) is 7.86. The molecule has 1 aromatic carbocycles. The first kappa shape index (κ1) is 27.0. The number of ketones is 1. The third-order valence-corrected chi connectivity index (χ3v) is 8.32. The summed E-state index contributed by atoms with van der Waals surface area (Å²) >= 11 is 3.35. The van der Waals surface area contributed by atoms with Crippen molar-refractivity contribution < 1.29 is 19.3 Å². The van der Waals surface area contributed by atoms with Gasteiger partial charge in [-0.05, 0) is 44.2 Å². The van der Waals surface area contributed by atoms with Crippen LogP contribution in [0, 0.1) is 10.1 Å². The van der Waals surface area contributed by atoms with Gasteiger partial charge in [-0.1, -0.05) is 15.9 Å². The summed E-state index contributed by atoms with van der Waals surface area (Å²) in [6, 6.07) is 4.08. The lowest BCUT2D eigenvalue weighted by Gasteiger charge is -2.45. The van der Waals surface area contributed by atoms with Crippen LogP contribution in [0.25, 0.3) is 0 Å². The van der Waals surface area contributed by atoms with Crippen molar-refractivity contribution in [3.8, 4) is 0 Å². The van der Waals surface area contributed by atoms with Gasteiger partial charge in [0.1, 0.15) is 11.5 Å². The second-order valence-corrected chi connectivity index (χ2v) is 11.4. The SMILES string of the molecule is CNc1cncc(C(=O)N2CCC[C@@H](Nc3c(C(=O)N4[C@@H]5CCC[C@H]4CC(=O)C5)cc(Br)cc3[N+](=O)[O-])C2)c1. The number of carbonyl (C=O) groups excluding carboxylic acids is 3. The first-order valence-electron chi connectivity index (χ1n) is 13.3. The highest BCUT2D eigenvalue weighted by atomic mass is 79.9. The smallest absolute Gasteiger partial charge is 0.294 e. The molecule has 3 aliphatic rings. The van der Waals surface area contributed by atoms with Gasteiger partial charge in [-0.15, -0.1) is 0 Å². The maximum absolute atomic E-state index is 14.0. The van der Waals surface area contributed by atoms with Gasteiger partial charge in [-0.2, -0.15) is 0 Å². The number of pyridine rings is 1. The molecule has 0 saturated carbocycles. The standard InChI is InChI=1S/C27H31BrN6O5/c1-29-19-8-16(13-30-14-19)26(36)32-7-3-4-18(15-32)31-25-23(9-17(28)10-24(25)34(38)39)27(37)33-20-5-2-6-21(33)12-22(35)11-20/h8-10,13-14,18,20-21,29,31H,2-7,11-12,15H2,1H3/t18-,20-,21+/m1/s1. The Labute approximate surface area is 234 Å². The summed E-state index contributed by atoms with van der Waals surface area (Å²) in [6.07, 6.45) is 7.64. The molecule has 12 heteroatoms. The molecule has 3 aliphatic heterocycles. The zero-order chi connectivity index (χ0) is 27.7. The predicted octanol–water partition coefficient (Wildman–Crippen LogP) is 4.24. The predicted molar refractivity (Wildman–Crippen MR) is 149 cm³/mol. The summed E-state index contributed by atoms with van der Waals surface area (Å²) in [5, 5.41) is 18.4. The van der Waals surface area contributed by atoms with Crippen molar-refractivity contribution in [3.05, 3.63) is 56.3 Å². The maximum Gasteiger partial charge on any atom is 0.294 e. The number of nitrogens with one attached hydrogen (secondary N) is 2. The largest absolute Gasteiger partial charge is 0.387 e. The molecule has 3 atom stereocenters. The minimum absolute atomic E-state index is 0.154. The van der Waals surface area contributed by atoms with Crippen molar-refractivity contribution in [1.82, 2.24) is 14.8 Å². The first-order chi connectivity index (χ1) is 18.7. The van der Waals surface area contributed by atoms with Crippen LogP contribution in [0.3, 0.4) is 0 Å². The topological polar surface area (TPSA) is 138 Å². The van der Waals surface area contributed by atoms with Crippen LogP contribution in [0.1, 0.15) is 65.7 Å². The number of rotatable bonds is 6. The van der Waals surface area contributed by atoms with Crippen LogP contribution >= 0.6 is 15.9 Å². The van der Waals surface area contributed by atoms with Crippen molar-refractivity contribution in [2.24, 2.45) is 0 Å². The molecule has 2 aromatic rings. The van der Waals surface area contributed by atoms with Crippen molar-refractivity contribution in [1.29, 1.82) is 0 Å². The minimum Gasteiger partial charge on any atom is -0.387 e. The van der Waals surface area contributed by atoms with Gasteiger partial charge in [0, 0.05) is 74.0 Å². The average Bonchev–Trinajstić information content (AvgIpc) is 2.92. The number of benzene rings is 1. The molecule has 1 aromatic heterocycles. The monoisotopic (exact) mass is 598 g/mol. The minimum atomic E-state index is -0.495. The lowest BCUT2D eigenvalue weighted by atomic mass is 9.83. The zero-order valence-electron chi connectivity index (χ0n) is 21.7. The Hall–Kier alpha value is -3.54. The van der Waals surface area contributed by atoms with E-state index in [9.17, 15) is 24.5 Å². The van der Waals surface area contributed by atoms with Crippen molar-refractivity contribution >= 4 is 50.6 Å². The van der Waals surface area contributed by atoms with Gasteiger partial charge < -0.3 is 20.4 Å². The summed E-state index contributed by atoms with van der Waals surface area (Å²) in [5.74, 6) is -0.309. The lowest BCUT2D eigenvalue weighted by molar-refractivity contribution is -0.384. The molecule has 3 saturated heterocycles. The molecular formula is C27H31BrN6O5. The number of anilines is 2. The van der Waals surface area contributed by atoms with E-state index in [4.69, 9.17) is 0 Å². The highest BCUT2D eigenvalue weighted by Crippen LogP contribution is 2.39. The van der Waals surface area contributed by atoms with Gasteiger partial charge in [-0.25, -0.2) is 0 Å². The number of amides is 2. The number of nitrogens with zero attached hydrogens (tertiary/aromatic N) is 4. The van der Waals surface area contributed by atoms with Gasteiger partial charge in [0.25, 0.3) is 17.5 Å². The summed E-state index contributed by atoms with van der Waals surface area (Å²) in [4.78, 5) is 58.7. The molecule has 2 amide bonds. The van der Waals surface area contributed by atoms with Gasteiger partial charge >= 0.3 is 0 Å². The average molecular weight is 599 g/mol. The second-order valence-electron chi connectivity index (χ2n) is 10.4. The van der Waals surface area contributed by atoms with Gasteiger partial charge in [0.05, 0.1) is 21.7 Å². The maximum atomic E-state index is 14.0. The molecule has 0 radical (unpaired) electrons. The van der Waals surface area contributed by atoms with Crippen molar-refractivity contribution in [3.63, 3.8) is 0 Å². The van der Waals surface area contributed by atoms with Crippen LogP contribution in [-0.4, -0.2) is 75.6 Å². The van der Waals surface area contributed by atoms with Crippen LogP contribution in [0.5, 0.6) is 0 Å². The zero-order valence-corrected chi connectivity index (χ0v) is 23.3. The highest BCUT2D eigenvalue weighted by Gasteiger charge is 2.42. The van der Waals surface area contributed by atoms with E-state index in [2.05, 4.69) is 31.5 Å². The third kappa shape index (κ3) is 5.61. The number of carbonyl (C=O) groups is 3. The lowest BCUT2D eigenvalue weighted by Crippen LogP contribution is -2.55. The second kappa shape index (κ2) is 11.3. The number of Topliss-reactive ketones (excluding diaryl/α,β-unsaturated/α-hetero) is 1. The van der Waals surface area contributed by atoms with E-state index >= 15 is 0 Å². The molecule has 206 valence electrons. The Morgan fingerprint density at radius 1 is 1.08 bits per heavy atom. The molecule has 39 heavy (non-hydrogen) atoms. The molecule has 3 fully saturated rings. The van der Waals surface area contributed by atoms with Gasteiger partial charge in [0.15, 0.2) is 0 Å². The van der Waals surface area contributed by atoms with Crippen LogP contribution in [0.2, 0.25) is 0 Å².